The summed E-state index contributed by atoms with van der Waals surface area (Å²) in [6, 6.07) is 0. The minimum atomic E-state index is -4.17. The molecule has 0 aromatic heterocycles. The molecule has 0 bridgehead atoms. The van der Waals surface area contributed by atoms with Crippen molar-refractivity contribution in [3.8, 4) is 0 Å². The van der Waals surface area contributed by atoms with Gasteiger partial charge in [-0.2, -0.15) is 13.2 Å². The van der Waals surface area contributed by atoms with E-state index in [9.17, 15) is 18.0 Å². The van der Waals surface area contributed by atoms with E-state index in [0.717, 1.165) is 0 Å². The lowest BCUT2D eigenvalue weighted by Crippen LogP contribution is -2.17. The van der Waals surface area contributed by atoms with Crippen molar-refractivity contribution in [2.45, 2.75) is 31.5 Å². The van der Waals surface area contributed by atoms with Crippen LogP contribution in [0, 0.1) is 0 Å². The SMILES string of the molecule is COCOC(C=O)CCCC(F)(F)F. The second kappa shape index (κ2) is 6.78. The second-order valence-electron chi connectivity index (χ2n) is 2.76. The third kappa shape index (κ3) is 8.00. The van der Waals surface area contributed by atoms with Crippen molar-refractivity contribution in [3.05, 3.63) is 0 Å². The van der Waals surface area contributed by atoms with Crippen molar-refractivity contribution in [2.24, 2.45) is 0 Å². The van der Waals surface area contributed by atoms with E-state index in [1.165, 1.54) is 7.11 Å². The van der Waals surface area contributed by atoms with Gasteiger partial charge in [-0.15, -0.1) is 0 Å². The molecule has 1 unspecified atom stereocenters. The number of carbonyl (C=O) groups is 1. The Morgan fingerprint density at radius 3 is 2.50 bits per heavy atom. The van der Waals surface area contributed by atoms with Crippen molar-refractivity contribution in [1.29, 1.82) is 0 Å². The number of ether oxygens (including phenoxy) is 2. The van der Waals surface area contributed by atoms with Gasteiger partial charge in [-0.25, -0.2) is 0 Å². The largest absolute Gasteiger partial charge is 0.389 e. The number of methoxy groups -OCH3 is 1. The first-order chi connectivity index (χ1) is 6.49. The predicted octanol–water partition coefficient (Wildman–Crippen LogP) is 1.91. The zero-order valence-corrected chi connectivity index (χ0v) is 7.84. The summed E-state index contributed by atoms with van der Waals surface area (Å²) >= 11 is 0. The molecule has 0 heterocycles. The van der Waals surface area contributed by atoms with Crippen LogP contribution in [0.2, 0.25) is 0 Å². The molecule has 0 fully saturated rings. The molecule has 0 aromatic carbocycles. The Hall–Kier alpha value is -0.620. The molecule has 0 aromatic rings. The van der Waals surface area contributed by atoms with E-state index in [1.807, 2.05) is 0 Å². The molecule has 0 saturated carbocycles. The first-order valence-electron chi connectivity index (χ1n) is 4.12. The van der Waals surface area contributed by atoms with E-state index >= 15 is 0 Å². The Kier molecular flexibility index (Phi) is 6.48. The zero-order chi connectivity index (χ0) is 11.0. The maximum absolute atomic E-state index is 11.7. The Morgan fingerprint density at radius 2 is 2.07 bits per heavy atom. The third-order valence-electron chi connectivity index (χ3n) is 1.50. The summed E-state index contributed by atoms with van der Waals surface area (Å²) in [5, 5.41) is 0. The smallest absolute Gasteiger partial charge is 0.359 e. The molecule has 0 spiro atoms. The minimum Gasteiger partial charge on any atom is -0.359 e. The van der Waals surface area contributed by atoms with E-state index in [0.29, 0.717) is 6.29 Å². The molecule has 0 aliphatic heterocycles. The van der Waals surface area contributed by atoms with Crippen molar-refractivity contribution >= 4 is 6.29 Å². The quantitative estimate of drug-likeness (QED) is 0.479. The highest BCUT2D eigenvalue weighted by atomic mass is 19.4. The second-order valence-corrected chi connectivity index (χ2v) is 2.76. The molecular weight excluding hydrogens is 201 g/mol. The molecule has 0 radical (unpaired) electrons. The third-order valence-corrected chi connectivity index (χ3v) is 1.50. The lowest BCUT2D eigenvalue weighted by Gasteiger charge is -2.11. The van der Waals surface area contributed by atoms with Crippen molar-refractivity contribution in [2.75, 3.05) is 13.9 Å². The fourth-order valence-electron chi connectivity index (χ4n) is 0.850. The van der Waals surface area contributed by atoms with E-state index in [2.05, 4.69) is 4.74 Å². The van der Waals surface area contributed by atoms with Gasteiger partial charge >= 0.3 is 6.18 Å². The number of hydrogen-bond donors (Lipinski definition) is 0. The van der Waals surface area contributed by atoms with Crippen LogP contribution in [0.1, 0.15) is 19.3 Å². The number of halogens is 3. The van der Waals surface area contributed by atoms with Crippen LogP contribution >= 0.6 is 0 Å². The fourth-order valence-corrected chi connectivity index (χ4v) is 0.850. The van der Waals surface area contributed by atoms with Crippen molar-refractivity contribution < 1.29 is 27.4 Å². The summed E-state index contributed by atoms with van der Waals surface area (Å²) in [4.78, 5) is 10.3. The molecule has 6 heteroatoms. The van der Waals surface area contributed by atoms with Gasteiger partial charge in [-0.05, 0) is 12.8 Å². The van der Waals surface area contributed by atoms with Crippen LogP contribution in [0.4, 0.5) is 13.2 Å². The first-order valence-corrected chi connectivity index (χ1v) is 4.12. The van der Waals surface area contributed by atoms with Gasteiger partial charge in [-0.1, -0.05) is 0 Å². The van der Waals surface area contributed by atoms with Gasteiger partial charge in [-0.3, -0.25) is 0 Å². The van der Waals surface area contributed by atoms with Crippen molar-refractivity contribution in [3.63, 3.8) is 0 Å². The Balaban J connectivity index is 3.57. The summed E-state index contributed by atoms with van der Waals surface area (Å²) in [5.41, 5.74) is 0. The monoisotopic (exact) mass is 214 g/mol. The van der Waals surface area contributed by atoms with E-state index in [4.69, 9.17) is 4.74 Å². The number of rotatable bonds is 7. The van der Waals surface area contributed by atoms with Crippen LogP contribution in [0.15, 0.2) is 0 Å². The van der Waals surface area contributed by atoms with E-state index < -0.39 is 18.7 Å². The van der Waals surface area contributed by atoms with Gasteiger partial charge in [0.25, 0.3) is 0 Å². The number of alkyl halides is 3. The minimum absolute atomic E-state index is 0.0619. The normalized spacial score (nSPS) is 14.0. The van der Waals surface area contributed by atoms with Crippen LogP contribution in [0.25, 0.3) is 0 Å². The summed E-state index contributed by atoms with van der Waals surface area (Å²) in [6.45, 7) is -0.0879. The molecule has 84 valence electrons. The Morgan fingerprint density at radius 1 is 1.43 bits per heavy atom. The topological polar surface area (TPSA) is 35.5 Å². The fraction of sp³-hybridized carbons (Fsp3) is 0.875. The summed E-state index contributed by atoms with van der Waals surface area (Å²) in [6.07, 6.45) is -5.45. The molecule has 1 atom stereocenters. The van der Waals surface area contributed by atoms with Crippen molar-refractivity contribution in [1.82, 2.24) is 0 Å². The molecule has 0 rings (SSSR count). The zero-order valence-electron chi connectivity index (χ0n) is 7.84. The number of aldehydes is 1. The highest BCUT2D eigenvalue weighted by Crippen LogP contribution is 2.22. The molecule has 0 N–H and O–H groups in total. The molecule has 0 amide bonds. The highest BCUT2D eigenvalue weighted by molar-refractivity contribution is 5.55. The average molecular weight is 214 g/mol. The number of carbonyl (C=O) groups excluding carboxylic acids is 1. The van der Waals surface area contributed by atoms with Crippen LogP contribution < -0.4 is 0 Å². The molecule has 0 aliphatic carbocycles. The predicted molar refractivity (Wildman–Crippen MR) is 42.7 cm³/mol. The maximum Gasteiger partial charge on any atom is 0.389 e. The first kappa shape index (κ1) is 13.4. The van der Waals surface area contributed by atoms with E-state index in [1.54, 1.807) is 0 Å². The maximum atomic E-state index is 11.7. The molecule has 0 aliphatic rings. The molecule has 3 nitrogen and oxygen atoms in total. The molecule has 14 heavy (non-hydrogen) atoms. The van der Waals surface area contributed by atoms with Gasteiger partial charge in [0.15, 0.2) is 0 Å². The van der Waals surface area contributed by atoms with E-state index in [-0.39, 0.29) is 19.6 Å². The standard InChI is InChI=1S/C8H13F3O3/c1-13-6-14-7(5-12)3-2-4-8(9,10)11/h5,7H,2-4,6H2,1H3. The van der Waals surface area contributed by atoms with Crippen LogP contribution in [0.5, 0.6) is 0 Å². The van der Waals surface area contributed by atoms with Gasteiger partial charge in [0.2, 0.25) is 0 Å². The lowest BCUT2D eigenvalue weighted by atomic mass is 10.1. The summed E-state index contributed by atoms with van der Waals surface area (Å²) in [5.74, 6) is 0. The molecule has 0 saturated heterocycles. The highest BCUT2D eigenvalue weighted by Gasteiger charge is 2.26. The van der Waals surface area contributed by atoms with Gasteiger partial charge in [0.1, 0.15) is 19.2 Å². The van der Waals surface area contributed by atoms with Crippen LogP contribution in [0.3, 0.4) is 0 Å². The lowest BCUT2D eigenvalue weighted by molar-refractivity contribution is -0.141. The Bertz CT molecular complexity index is 158. The summed E-state index contributed by atoms with van der Waals surface area (Å²) in [7, 11) is 1.37. The van der Waals surface area contributed by atoms with Crippen LogP contribution in [-0.2, 0) is 14.3 Å². The number of hydrogen-bond acceptors (Lipinski definition) is 3. The average Bonchev–Trinajstić information content (AvgIpc) is 2.09. The summed E-state index contributed by atoms with van der Waals surface area (Å²) < 4.78 is 44.4. The van der Waals surface area contributed by atoms with Gasteiger partial charge in [0.05, 0.1) is 0 Å². The van der Waals surface area contributed by atoms with Crippen LogP contribution in [-0.4, -0.2) is 32.5 Å². The van der Waals surface area contributed by atoms with Gasteiger partial charge < -0.3 is 14.3 Å². The van der Waals surface area contributed by atoms with Gasteiger partial charge in [0, 0.05) is 13.5 Å². The Labute approximate surface area is 80.2 Å². The molecular formula is C8H13F3O3.